The summed E-state index contributed by atoms with van der Waals surface area (Å²) >= 11 is 0. The fraction of sp³-hybridized carbons (Fsp3) is 0.357. The van der Waals surface area contributed by atoms with Gasteiger partial charge in [0.2, 0.25) is 0 Å². The number of aliphatic hydroxyl groups is 1. The highest BCUT2D eigenvalue weighted by atomic mass is 16.3. The number of nitrogens with zero attached hydrogens (tertiary/aromatic N) is 1. The number of aliphatic hydroxyl groups excluding tert-OH is 1. The van der Waals surface area contributed by atoms with E-state index in [0.29, 0.717) is 0 Å². The first-order valence-corrected chi connectivity index (χ1v) is 5.56. The number of fused-ring (bicyclic) bond motifs is 1. The number of hydrogen-bond donors (Lipinski definition) is 1. The molecule has 2 rings (SSSR count). The molecule has 2 aromatic rings. The molecule has 0 atom stereocenters. The van der Waals surface area contributed by atoms with Gasteiger partial charge in [-0.1, -0.05) is 32.0 Å². The number of para-hydroxylation sites is 1. The van der Waals surface area contributed by atoms with Gasteiger partial charge < -0.3 is 5.11 Å². The Hall–Kier alpha value is -1.41. The monoisotopic (exact) mass is 215 g/mol. The molecule has 2 nitrogen and oxygen atoms in total. The molecule has 0 aliphatic heterocycles. The standard InChI is InChI=1S/C14H17NO/c1-14(2,10-16)9-11-7-8-15-13-6-4-3-5-12(11)13/h3-8,16H,9-10H2,1-2H3. The molecule has 0 fully saturated rings. The summed E-state index contributed by atoms with van der Waals surface area (Å²) in [6, 6.07) is 10.2. The molecule has 1 aromatic heterocycles. The van der Waals surface area contributed by atoms with E-state index in [1.165, 1.54) is 10.9 Å². The largest absolute Gasteiger partial charge is 0.396 e. The molecule has 0 unspecified atom stereocenters. The molecule has 1 heterocycles. The van der Waals surface area contributed by atoms with Crippen LogP contribution in [-0.2, 0) is 6.42 Å². The van der Waals surface area contributed by atoms with E-state index < -0.39 is 0 Å². The Morgan fingerprint density at radius 3 is 2.69 bits per heavy atom. The highest BCUT2D eigenvalue weighted by molar-refractivity contribution is 5.81. The van der Waals surface area contributed by atoms with Gasteiger partial charge in [-0.2, -0.15) is 0 Å². The minimum atomic E-state index is -0.0792. The summed E-state index contributed by atoms with van der Waals surface area (Å²) in [5, 5.41) is 10.5. The maximum Gasteiger partial charge on any atom is 0.0704 e. The van der Waals surface area contributed by atoms with E-state index in [1.54, 1.807) is 0 Å². The van der Waals surface area contributed by atoms with Crippen molar-refractivity contribution in [3.8, 4) is 0 Å². The summed E-state index contributed by atoms with van der Waals surface area (Å²) < 4.78 is 0. The molecule has 0 radical (unpaired) electrons. The van der Waals surface area contributed by atoms with Gasteiger partial charge in [0.15, 0.2) is 0 Å². The van der Waals surface area contributed by atoms with Gasteiger partial charge in [-0.15, -0.1) is 0 Å². The van der Waals surface area contributed by atoms with Gasteiger partial charge in [0.25, 0.3) is 0 Å². The predicted molar refractivity (Wildman–Crippen MR) is 66.3 cm³/mol. The van der Waals surface area contributed by atoms with E-state index in [9.17, 15) is 5.11 Å². The van der Waals surface area contributed by atoms with E-state index >= 15 is 0 Å². The van der Waals surface area contributed by atoms with Crippen LogP contribution in [0.1, 0.15) is 19.4 Å². The highest BCUT2D eigenvalue weighted by Gasteiger charge is 2.18. The zero-order valence-electron chi connectivity index (χ0n) is 9.77. The van der Waals surface area contributed by atoms with Gasteiger partial charge in [0, 0.05) is 18.2 Å². The molecule has 84 valence electrons. The van der Waals surface area contributed by atoms with Crippen molar-refractivity contribution in [2.75, 3.05) is 6.61 Å². The van der Waals surface area contributed by atoms with Crippen molar-refractivity contribution >= 4 is 10.9 Å². The molecule has 0 amide bonds. The normalized spacial score (nSPS) is 11.9. The van der Waals surface area contributed by atoms with Crippen LogP contribution < -0.4 is 0 Å². The summed E-state index contributed by atoms with van der Waals surface area (Å²) in [5.74, 6) is 0. The van der Waals surface area contributed by atoms with Crippen LogP contribution in [0, 0.1) is 5.41 Å². The smallest absolute Gasteiger partial charge is 0.0704 e. The average molecular weight is 215 g/mol. The van der Waals surface area contributed by atoms with Gasteiger partial charge in [-0.3, -0.25) is 4.98 Å². The highest BCUT2D eigenvalue weighted by Crippen LogP contribution is 2.25. The number of benzene rings is 1. The van der Waals surface area contributed by atoms with Crippen LogP contribution in [0.15, 0.2) is 36.5 Å². The van der Waals surface area contributed by atoms with Crippen LogP contribution in [0.2, 0.25) is 0 Å². The minimum Gasteiger partial charge on any atom is -0.396 e. The third kappa shape index (κ3) is 2.22. The lowest BCUT2D eigenvalue weighted by molar-refractivity contribution is 0.160. The maximum atomic E-state index is 9.31. The Bertz CT molecular complexity index is 486. The number of pyridine rings is 1. The lowest BCUT2D eigenvalue weighted by atomic mass is 9.86. The molecule has 0 bridgehead atoms. The Kier molecular flexibility index (Phi) is 2.92. The van der Waals surface area contributed by atoms with Crippen molar-refractivity contribution in [1.29, 1.82) is 0 Å². The second kappa shape index (κ2) is 4.22. The van der Waals surface area contributed by atoms with Gasteiger partial charge in [0.1, 0.15) is 0 Å². The molecule has 1 aromatic carbocycles. The van der Waals surface area contributed by atoms with E-state index in [4.69, 9.17) is 0 Å². The fourth-order valence-electron chi connectivity index (χ4n) is 1.88. The quantitative estimate of drug-likeness (QED) is 0.854. The zero-order valence-corrected chi connectivity index (χ0v) is 9.77. The molecule has 2 heteroatoms. The van der Waals surface area contributed by atoms with Crippen LogP contribution in [0.25, 0.3) is 10.9 Å². The van der Waals surface area contributed by atoms with Crippen LogP contribution in [-0.4, -0.2) is 16.7 Å². The Balaban J connectivity index is 2.45. The van der Waals surface area contributed by atoms with E-state index in [2.05, 4.69) is 24.9 Å². The van der Waals surface area contributed by atoms with Gasteiger partial charge >= 0.3 is 0 Å². The zero-order chi connectivity index (χ0) is 11.6. The Morgan fingerprint density at radius 1 is 1.19 bits per heavy atom. The lowest BCUT2D eigenvalue weighted by Gasteiger charge is -2.22. The minimum absolute atomic E-state index is 0.0792. The molecule has 1 N–H and O–H groups in total. The van der Waals surface area contributed by atoms with Crippen molar-refractivity contribution in [3.05, 3.63) is 42.1 Å². The molecule has 0 spiro atoms. The molecule has 0 aliphatic carbocycles. The summed E-state index contributed by atoms with van der Waals surface area (Å²) in [7, 11) is 0. The number of rotatable bonds is 3. The maximum absolute atomic E-state index is 9.31. The van der Waals surface area contributed by atoms with Crippen molar-refractivity contribution in [2.45, 2.75) is 20.3 Å². The van der Waals surface area contributed by atoms with Gasteiger partial charge in [-0.25, -0.2) is 0 Å². The summed E-state index contributed by atoms with van der Waals surface area (Å²) in [4.78, 5) is 4.34. The molecule has 0 saturated carbocycles. The van der Waals surface area contributed by atoms with Crippen molar-refractivity contribution in [3.63, 3.8) is 0 Å². The third-order valence-corrected chi connectivity index (χ3v) is 2.84. The van der Waals surface area contributed by atoms with Crippen LogP contribution >= 0.6 is 0 Å². The van der Waals surface area contributed by atoms with Gasteiger partial charge in [-0.05, 0) is 29.5 Å². The first-order chi connectivity index (χ1) is 7.62. The van der Waals surface area contributed by atoms with Gasteiger partial charge in [0.05, 0.1) is 5.52 Å². The lowest BCUT2D eigenvalue weighted by Crippen LogP contribution is -2.19. The second-order valence-corrected chi connectivity index (χ2v) is 4.99. The Labute approximate surface area is 96.0 Å². The van der Waals surface area contributed by atoms with Crippen LogP contribution in [0.3, 0.4) is 0 Å². The van der Waals surface area contributed by atoms with Crippen LogP contribution in [0.5, 0.6) is 0 Å². The summed E-state index contributed by atoms with van der Waals surface area (Å²) in [6.07, 6.45) is 2.71. The van der Waals surface area contributed by atoms with Crippen molar-refractivity contribution in [1.82, 2.24) is 4.98 Å². The average Bonchev–Trinajstić information content (AvgIpc) is 2.29. The summed E-state index contributed by atoms with van der Waals surface area (Å²) in [6.45, 7) is 4.34. The van der Waals surface area contributed by atoms with Crippen molar-refractivity contribution in [2.24, 2.45) is 5.41 Å². The second-order valence-electron chi connectivity index (χ2n) is 4.99. The molecular formula is C14H17NO. The third-order valence-electron chi connectivity index (χ3n) is 2.84. The number of aromatic nitrogens is 1. The number of hydrogen-bond acceptors (Lipinski definition) is 2. The molecule has 16 heavy (non-hydrogen) atoms. The van der Waals surface area contributed by atoms with E-state index in [-0.39, 0.29) is 12.0 Å². The first kappa shape index (κ1) is 11.1. The predicted octanol–water partition coefficient (Wildman–Crippen LogP) is 2.80. The van der Waals surface area contributed by atoms with E-state index in [1.807, 2.05) is 30.5 Å². The van der Waals surface area contributed by atoms with Crippen molar-refractivity contribution < 1.29 is 5.11 Å². The molecular weight excluding hydrogens is 198 g/mol. The molecule has 0 saturated heterocycles. The van der Waals surface area contributed by atoms with Crippen LogP contribution in [0.4, 0.5) is 0 Å². The topological polar surface area (TPSA) is 33.1 Å². The van der Waals surface area contributed by atoms with E-state index in [0.717, 1.165) is 11.9 Å². The Morgan fingerprint density at radius 2 is 1.94 bits per heavy atom. The molecule has 0 aliphatic rings. The summed E-state index contributed by atoms with van der Waals surface area (Å²) in [5.41, 5.74) is 2.20. The first-order valence-electron chi connectivity index (χ1n) is 5.56. The SMILES string of the molecule is CC(C)(CO)Cc1ccnc2ccccc12. The fourth-order valence-corrected chi connectivity index (χ4v) is 1.88.